The maximum absolute atomic E-state index is 9.33. The number of aryl methyl sites for hydroxylation is 1. The molecule has 0 aliphatic carbocycles. The van der Waals surface area contributed by atoms with Gasteiger partial charge in [-0.3, -0.25) is 4.98 Å². The molecule has 0 aromatic carbocycles. The number of pyridine rings is 1. The number of nitrogens with zero attached hydrogens (tertiary/aromatic N) is 4. The van der Waals surface area contributed by atoms with Gasteiger partial charge in [-0.1, -0.05) is 25.0 Å². The van der Waals surface area contributed by atoms with E-state index in [1.54, 1.807) is 12.4 Å². The van der Waals surface area contributed by atoms with Crippen LogP contribution in [0.1, 0.15) is 31.9 Å². The Bertz CT molecular complexity index is 481. The Morgan fingerprint density at radius 2 is 2.00 bits per heavy atom. The van der Waals surface area contributed by atoms with Crippen molar-refractivity contribution >= 4 is 0 Å². The first kappa shape index (κ1) is 12.7. The van der Waals surface area contributed by atoms with Crippen LogP contribution >= 0.6 is 0 Å². The van der Waals surface area contributed by atoms with Gasteiger partial charge in [0.05, 0.1) is 12.3 Å². The summed E-state index contributed by atoms with van der Waals surface area (Å²) in [7, 11) is 0. The minimum absolute atomic E-state index is 0.0918. The molecule has 0 fully saturated rings. The molecule has 0 unspecified atom stereocenters. The molecule has 96 valence electrons. The Hall–Kier alpha value is -1.75. The van der Waals surface area contributed by atoms with Gasteiger partial charge < -0.3 is 5.11 Å². The number of aliphatic hydroxyl groups is 1. The van der Waals surface area contributed by atoms with E-state index in [1.165, 1.54) is 12.8 Å². The van der Waals surface area contributed by atoms with Crippen molar-refractivity contribution in [1.82, 2.24) is 20.0 Å². The summed E-state index contributed by atoms with van der Waals surface area (Å²) in [6.45, 7) is 2.91. The summed E-state index contributed by atoms with van der Waals surface area (Å²) >= 11 is 0. The van der Waals surface area contributed by atoms with E-state index in [-0.39, 0.29) is 6.61 Å². The van der Waals surface area contributed by atoms with E-state index in [1.807, 2.05) is 16.8 Å². The quantitative estimate of drug-likeness (QED) is 0.792. The first-order valence-corrected chi connectivity index (χ1v) is 6.30. The highest BCUT2D eigenvalue weighted by Crippen LogP contribution is 2.22. The summed E-state index contributed by atoms with van der Waals surface area (Å²) in [5, 5.41) is 17.5. The smallest absolute Gasteiger partial charge is 0.116 e. The third kappa shape index (κ3) is 2.73. The molecule has 5 heteroatoms. The fourth-order valence-electron chi connectivity index (χ4n) is 1.95. The Morgan fingerprint density at radius 1 is 1.22 bits per heavy atom. The molecule has 1 N–H and O–H groups in total. The van der Waals surface area contributed by atoms with Crippen LogP contribution in [0.4, 0.5) is 0 Å². The standard InChI is InChI=1S/C13H18N4O/c1-2-3-4-9-17-13(12(10-18)15-16-17)11-5-7-14-8-6-11/h5-8,18H,2-4,9-10H2,1H3. The maximum atomic E-state index is 9.33. The molecule has 0 aliphatic rings. The van der Waals surface area contributed by atoms with Crippen molar-refractivity contribution < 1.29 is 5.11 Å². The van der Waals surface area contributed by atoms with Crippen LogP contribution in [-0.4, -0.2) is 25.1 Å². The third-order valence-corrected chi connectivity index (χ3v) is 2.88. The minimum Gasteiger partial charge on any atom is -0.390 e. The molecule has 2 heterocycles. The Morgan fingerprint density at radius 3 is 2.67 bits per heavy atom. The minimum atomic E-state index is -0.0918. The Kier molecular flexibility index (Phi) is 4.41. The van der Waals surface area contributed by atoms with Gasteiger partial charge in [-0.05, 0) is 18.6 Å². The second kappa shape index (κ2) is 6.26. The molecular formula is C13H18N4O. The number of hydrogen-bond acceptors (Lipinski definition) is 4. The van der Waals surface area contributed by atoms with Crippen LogP contribution in [0.3, 0.4) is 0 Å². The van der Waals surface area contributed by atoms with E-state index in [0.717, 1.165) is 24.2 Å². The third-order valence-electron chi connectivity index (χ3n) is 2.88. The van der Waals surface area contributed by atoms with Crippen LogP contribution in [0.2, 0.25) is 0 Å². The number of rotatable bonds is 6. The highest BCUT2D eigenvalue weighted by atomic mass is 16.3. The summed E-state index contributed by atoms with van der Waals surface area (Å²) in [6.07, 6.45) is 6.89. The van der Waals surface area contributed by atoms with Gasteiger partial charge in [-0.15, -0.1) is 5.10 Å². The van der Waals surface area contributed by atoms with E-state index >= 15 is 0 Å². The summed E-state index contributed by atoms with van der Waals surface area (Å²) in [5.41, 5.74) is 2.52. The number of hydrogen-bond donors (Lipinski definition) is 1. The van der Waals surface area contributed by atoms with Gasteiger partial charge in [0.25, 0.3) is 0 Å². The molecule has 0 aliphatic heterocycles. The summed E-state index contributed by atoms with van der Waals surface area (Å²) < 4.78 is 1.87. The van der Waals surface area contributed by atoms with Gasteiger partial charge >= 0.3 is 0 Å². The molecule has 5 nitrogen and oxygen atoms in total. The zero-order valence-corrected chi connectivity index (χ0v) is 10.6. The monoisotopic (exact) mass is 246 g/mol. The molecular weight excluding hydrogens is 228 g/mol. The van der Waals surface area contributed by atoms with Gasteiger partial charge in [0, 0.05) is 24.5 Å². The largest absolute Gasteiger partial charge is 0.390 e. The molecule has 0 radical (unpaired) electrons. The normalized spacial score (nSPS) is 10.8. The topological polar surface area (TPSA) is 63.8 Å². The van der Waals surface area contributed by atoms with Crippen LogP contribution in [0.15, 0.2) is 24.5 Å². The second-order valence-electron chi connectivity index (χ2n) is 4.21. The lowest BCUT2D eigenvalue weighted by atomic mass is 10.1. The molecule has 0 atom stereocenters. The zero-order valence-electron chi connectivity index (χ0n) is 10.6. The van der Waals surface area contributed by atoms with Crippen LogP contribution in [-0.2, 0) is 13.2 Å². The van der Waals surface area contributed by atoms with Crippen molar-refractivity contribution in [3.63, 3.8) is 0 Å². The van der Waals surface area contributed by atoms with Crippen molar-refractivity contribution in [2.75, 3.05) is 0 Å². The fourth-order valence-corrected chi connectivity index (χ4v) is 1.95. The highest BCUT2D eigenvalue weighted by molar-refractivity contribution is 5.60. The zero-order chi connectivity index (χ0) is 12.8. The van der Waals surface area contributed by atoms with E-state index < -0.39 is 0 Å². The maximum Gasteiger partial charge on any atom is 0.116 e. The molecule has 2 rings (SSSR count). The van der Waals surface area contributed by atoms with E-state index in [9.17, 15) is 5.11 Å². The van der Waals surface area contributed by atoms with E-state index in [4.69, 9.17) is 0 Å². The number of aliphatic hydroxyl groups excluding tert-OH is 1. The highest BCUT2D eigenvalue weighted by Gasteiger charge is 2.13. The van der Waals surface area contributed by atoms with Gasteiger partial charge in [-0.2, -0.15) is 0 Å². The Balaban J connectivity index is 2.28. The lowest BCUT2D eigenvalue weighted by Gasteiger charge is -2.07. The van der Waals surface area contributed by atoms with Crippen LogP contribution in [0.25, 0.3) is 11.3 Å². The SMILES string of the molecule is CCCCCn1nnc(CO)c1-c1ccncc1. The second-order valence-corrected chi connectivity index (χ2v) is 4.21. The van der Waals surface area contributed by atoms with Gasteiger partial charge in [0.1, 0.15) is 5.69 Å². The van der Waals surface area contributed by atoms with Crippen molar-refractivity contribution in [2.24, 2.45) is 0 Å². The van der Waals surface area contributed by atoms with E-state index in [0.29, 0.717) is 5.69 Å². The molecule has 18 heavy (non-hydrogen) atoms. The molecule has 0 spiro atoms. The average molecular weight is 246 g/mol. The van der Waals surface area contributed by atoms with Crippen LogP contribution in [0.5, 0.6) is 0 Å². The molecule has 0 saturated carbocycles. The van der Waals surface area contributed by atoms with Crippen LogP contribution in [0, 0.1) is 0 Å². The first-order valence-electron chi connectivity index (χ1n) is 6.30. The van der Waals surface area contributed by atoms with Crippen LogP contribution < -0.4 is 0 Å². The fraction of sp³-hybridized carbons (Fsp3) is 0.462. The van der Waals surface area contributed by atoms with Gasteiger partial charge in [0.2, 0.25) is 0 Å². The lowest BCUT2D eigenvalue weighted by molar-refractivity contribution is 0.277. The molecule has 2 aromatic rings. The molecule has 2 aromatic heterocycles. The molecule has 0 bridgehead atoms. The predicted octanol–water partition coefficient (Wildman–Crippen LogP) is 2.02. The predicted molar refractivity (Wildman–Crippen MR) is 68.7 cm³/mol. The van der Waals surface area contributed by atoms with Crippen molar-refractivity contribution in [1.29, 1.82) is 0 Å². The summed E-state index contributed by atoms with van der Waals surface area (Å²) in [6, 6.07) is 3.82. The Labute approximate surface area is 106 Å². The van der Waals surface area contributed by atoms with Gasteiger partial charge in [-0.25, -0.2) is 4.68 Å². The molecule has 0 amide bonds. The molecule has 0 saturated heterocycles. The van der Waals surface area contributed by atoms with Crippen molar-refractivity contribution in [2.45, 2.75) is 39.3 Å². The number of unbranched alkanes of at least 4 members (excludes halogenated alkanes) is 2. The number of aromatic nitrogens is 4. The summed E-state index contributed by atoms with van der Waals surface area (Å²) in [4.78, 5) is 4.00. The average Bonchev–Trinajstić information content (AvgIpc) is 2.83. The summed E-state index contributed by atoms with van der Waals surface area (Å²) in [5.74, 6) is 0. The van der Waals surface area contributed by atoms with Crippen molar-refractivity contribution in [3.05, 3.63) is 30.2 Å². The first-order chi connectivity index (χ1) is 8.86. The van der Waals surface area contributed by atoms with E-state index in [2.05, 4.69) is 22.2 Å². The van der Waals surface area contributed by atoms with Crippen molar-refractivity contribution in [3.8, 4) is 11.3 Å². The lowest BCUT2D eigenvalue weighted by Crippen LogP contribution is -2.03. The van der Waals surface area contributed by atoms with Gasteiger partial charge in [0.15, 0.2) is 0 Å².